The molecule has 2 aromatic rings. The van der Waals surface area contributed by atoms with Crippen LogP contribution in [0, 0.1) is 13.8 Å². The Bertz CT molecular complexity index is 795. The number of nitrogens with zero attached hydrogens (tertiary/aromatic N) is 3. The van der Waals surface area contributed by atoms with Crippen molar-refractivity contribution in [2.45, 2.75) is 26.3 Å². The van der Waals surface area contributed by atoms with Gasteiger partial charge in [0.05, 0.1) is 5.69 Å². The van der Waals surface area contributed by atoms with E-state index >= 15 is 0 Å². The molecule has 1 aromatic heterocycles. The van der Waals surface area contributed by atoms with Crippen molar-refractivity contribution in [3.63, 3.8) is 0 Å². The van der Waals surface area contributed by atoms with E-state index in [2.05, 4.69) is 10.4 Å². The molecule has 24 heavy (non-hydrogen) atoms. The molecule has 1 aromatic carbocycles. The summed E-state index contributed by atoms with van der Waals surface area (Å²) >= 11 is 6.00. The van der Waals surface area contributed by atoms with E-state index in [9.17, 15) is 9.59 Å². The highest BCUT2D eigenvalue weighted by molar-refractivity contribution is 6.31. The summed E-state index contributed by atoms with van der Waals surface area (Å²) in [6.07, 6.45) is 0.564. The number of hydrogen-bond acceptors (Lipinski definition) is 3. The lowest BCUT2D eigenvalue weighted by Crippen LogP contribution is -2.42. The first-order chi connectivity index (χ1) is 11.3. The fraction of sp³-hybridized carbons (Fsp3) is 0.353. The highest BCUT2D eigenvalue weighted by atomic mass is 35.5. The second-order valence-corrected chi connectivity index (χ2v) is 6.53. The highest BCUT2D eigenvalue weighted by Gasteiger charge is 2.35. The molecule has 0 spiro atoms. The molecule has 1 N–H and O–H groups in total. The molecule has 1 atom stereocenters. The van der Waals surface area contributed by atoms with Crippen LogP contribution in [-0.4, -0.2) is 34.2 Å². The number of rotatable bonds is 3. The Balaban J connectivity index is 1.74. The van der Waals surface area contributed by atoms with Crippen molar-refractivity contribution in [3.05, 3.63) is 46.1 Å². The van der Waals surface area contributed by atoms with Gasteiger partial charge in [-0.05, 0) is 44.0 Å². The summed E-state index contributed by atoms with van der Waals surface area (Å²) in [5, 5.41) is 7.58. The maximum Gasteiger partial charge on any atom is 0.251 e. The number of carbonyl (C=O) groups is 2. The fourth-order valence-corrected chi connectivity index (χ4v) is 3.29. The smallest absolute Gasteiger partial charge is 0.251 e. The number of aryl methyl sites for hydroxylation is 3. The topological polar surface area (TPSA) is 67.2 Å². The molecule has 126 valence electrons. The average Bonchev–Trinajstić information content (AvgIpc) is 3.00. The first kappa shape index (κ1) is 16.5. The maximum absolute atomic E-state index is 12.6. The van der Waals surface area contributed by atoms with Gasteiger partial charge in [-0.25, -0.2) is 0 Å². The molecule has 0 radical (unpaired) electrons. The predicted molar refractivity (Wildman–Crippen MR) is 92.4 cm³/mol. The van der Waals surface area contributed by atoms with Crippen LogP contribution in [0.5, 0.6) is 0 Å². The van der Waals surface area contributed by atoms with E-state index in [0.29, 0.717) is 23.6 Å². The molecule has 1 fully saturated rings. The minimum absolute atomic E-state index is 0.120. The first-order valence-electron chi connectivity index (χ1n) is 7.75. The molecular formula is C17H19ClN4O2. The third kappa shape index (κ3) is 3.14. The van der Waals surface area contributed by atoms with E-state index < -0.39 is 6.04 Å². The lowest BCUT2D eigenvalue weighted by molar-refractivity contribution is -0.118. The van der Waals surface area contributed by atoms with Gasteiger partial charge in [0.2, 0.25) is 0 Å². The summed E-state index contributed by atoms with van der Waals surface area (Å²) in [6, 6.07) is 6.47. The number of benzene rings is 1. The van der Waals surface area contributed by atoms with E-state index in [1.165, 1.54) is 0 Å². The van der Waals surface area contributed by atoms with Gasteiger partial charge in [-0.15, -0.1) is 0 Å². The number of nitrogens with one attached hydrogen (secondary N) is 1. The molecule has 3 rings (SSSR count). The normalized spacial score (nSPS) is 17.4. The van der Waals surface area contributed by atoms with E-state index in [0.717, 1.165) is 17.1 Å². The van der Waals surface area contributed by atoms with Gasteiger partial charge in [0.1, 0.15) is 11.9 Å². The van der Waals surface area contributed by atoms with Gasteiger partial charge in [0, 0.05) is 30.2 Å². The summed E-state index contributed by atoms with van der Waals surface area (Å²) in [5.74, 6) is 0.333. The number of aromatic nitrogens is 2. The third-order valence-electron chi connectivity index (χ3n) is 4.07. The average molecular weight is 347 g/mol. The second-order valence-electron chi connectivity index (χ2n) is 6.09. The summed E-state index contributed by atoms with van der Waals surface area (Å²) in [4.78, 5) is 26.7. The molecule has 2 heterocycles. The Morgan fingerprint density at radius 2 is 2.04 bits per heavy atom. The van der Waals surface area contributed by atoms with Gasteiger partial charge in [0.15, 0.2) is 0 Å². The Hall–Kier alpha value is -2.34. The molecule has 1 aliphatic heterocycles. The van der Waals surface area contributed by atoms with Crippen molar-refractivity contribution in [3.8, 4) is 0 Å². The molecule has 2 amide bonds. The Kier molecular flexibility index (Phi) is 4.32. The molecule has 0 aliphatic carbocycles. The van der Waals surface area contributed by atoms with E-state index in [1.807, 2.05) is 19.9 Å². The molecule has 1 saturated heterocycles. The third-order valence-corrected chi connectivity index (χ3v) is 4.29. The van der Waals surface area contributed by atoms with Crippen LogP contribution in [0.25, 0.3) is 0 Å². The van der Waals surface area contributed by atoms with E-state index in [4.69, 9.17) is 11.6 Å². The van der Waals surface area contributed by atoms with Crippen LogP contribution in [0.15, 0.2) is 24.3 Å². The molecular weight excluding hydrogens is 328 g/mol. The van der Waals surface area contributed by atoms with Crippen molar-refractivity contribution in [1.29, 1.82) is 0 Å². The van der Waals surface area contributed by atoms with E-state index in [1.54, 1.807) is 34.8 Å². The number of halogens is 1. The number of amides is 2. The fourth-order valence-electron chi connectivity index (χ4n) is 3.00. The van der Waals surface area contributed by atoms with E-state index in [-0.39, 0.29) is 11.8 Å². The van der Waals surface area contributed by atoms with Gasteiger partial charge in [-0.2, -0.15) is 5.10 Å². The van der Waals surface area contributed by atoms with Crippen LogP contribution in [0.2, 0.25) is 5.02 Å². The van der Waals surface area contributed by atoms with Gasteiger partial charge in [0.25, 0.3) is 11.8 Å². The minimum Gasteiger partial charge on any atom is -0.340 e. The largest absolute Gasteiger partial charge is 0.340 e. The standard InChI is InChI=1S/C17H19ClN4O2/c1-10-6-12(9-13(18)7-10)16(23)19-14-4-5-22(17(14)24)15-8-11(2)20-21(15)3/h6-9,14H,4-5H2,1-3H3,(H,19,23)/t14-/m1/s1. The highest BCUT2D eigenvalue weighted by Crippen LogP contribution is 2.22. The Morgan fingerprint density at radius 3 is 2.67 bits per heavy atom. The predicted octanol–water partition coefficient (Wildman–Crippen LogP) is 2.23. The minimum atomic E-state index is -0.535. The molecule has 0 bridgehead atoms. The van der Waals surface area contributed by atoms with Crippen LogP contribution < -0.4 is 10.2 Å². The monoisotopic (exact) mass is 346 g/mol. The van der Waals surface area contributed by atoms with Crippen LogP contribution in [-0.2, 0) is 11.8 Å². The van der Waals surface area contributed by atoms with Crippen LogP contribution in [0.1, 0.15) is 28.0 Å². The Labute approximate surface area is 145 Å². The van der Waals surface area contributed by atoms with Crippen molar-refractivity contribution >= 4 is 29.2 Å². The number of anilines is 1. The molecule has 6 nitrogen and oxygen atoms in total. The zero-order chi connectivity index (χ0) is 17.4. The lowest BCUT2D eigenvalue weighted by Gasteiger charge is -2.17. The van der Waals surface area contributed by atoms with Gasteiger partial charge < -0.3 is 5.32 Å². The summed E-state index contributed by atoms with van der Waals surface area (Å²) in [6.45, 7) is 4.30. The SMILES string of the molecule is Cc1cc(Cl)cc(C(=O)N[C@@H]2CCN(c3cc(C)nn3C)C2=O)c1. The number of hydrogen-bond donors (Lipinski definition) is 1. The molecule has 7 heteroatoms. The van der Waals surface area contributed by atoms with Gasteiger partial charge in [-0.3, -0.25) is 19.2 Å². The molecule has 0 unspecified atom stereocenters. The van der Waals surface area contributed by atoms with Crippen LogP contribution in [0.4, 0.5) is 5.82 Å². The zero-order valence-corrected chi connectivity index (χ0v) is 14.6. The van der Waals surface area contributed by atoms with Gasteiger partial charge in [-0.1, -0.05) is 11.6 Å². The van der Waals surface area contributed by atoms with Crippen molar-refractivity contribution < 1.29 is 9.59 Å². The van der Waals surface area contributed by atoms with Crippen LogP contribution in [0.3, 0.4) is 0 Å². The first-order valence-corrected chi connectivity index (χ1v) is 8.13. The zero-order valence-electron chi connectivity index (χ0n) is 13.8. The maximum atomic E-state index is 12.6. The number of carbonyl (C=O) groups excluding carboxylic acids is 2. The summed E-state index contributed by atoms with van der Waals surface area (Å²) in [7, 11) is 1.80. The summed E-state index contributed by atoms with van der Waals surface area (Å²) < 4.78 is 1.68. The van der Waals surface area contributed by atoms with Crippen molar-refractivity contribution in [1.82, 2.24) is 15.1 Å². The van der Waals surface area contributed by atoms with Crippen LogP contribution >= 0.6 is 11.6 Å². The van der Waals surface area contributed by atoms with Gasteiger partial charge >= 0.3 is 0 Å². The molecule has 1 aliphatic rings. The summed E-state index contributed by atoms with van der Waals surface area (Å²) in [5.41, 5.74) is 2.21. The van der Waals surface area contributed by atoms with Crippen molar-refractivity contribution in [2.75, 3.05) is 11.4 Å². The Morgan fingerprint density at radius 1 is 1.29 bits per heavy atom. The van der Waals surface area contributed by atoms with Crippen molar-refractivity contribution in [2.24, 2.45) is 7.05 Å². The molecule has 0 saturated carbocycles. The second kappa shape index (κ2) is 6.28. The lowest BCUT2D eigenvalue weighted by atomic mass is 10.1. The quantitative estimate of drug-likeness (QED) is 0.926.